The molecule has 2 fully saturated rings. The molecule has 2 N–H and O–H groups in total. The number of nitro groups is 1. The first-order chi connectivity index (χ1) is 15.7. The molecule has 4 atom stereocenters. The van der Waals surface area contributed by atoms with Crippen molar-refractivity contribution in [2.45, 2.75) is 43.5 Å². The van der Waals surface area contributed by atoms with Crippen molar-refractivity contribution in [3.8, 4) is 5.75 Å². The van der Waals surface area contributed by atoms with Crippen molar-refractivity contribution in [2.75, 3.05) is 11.8 Å². The summed E-state index contributed by atoms with van der Waals surface area (Å²) in [5, 5.41) is 14.1. The van der Waals surface area contributed by atoms with Crippen LogP contribution in [0.5, 0.6) is 5.75 Å². The van der Waals surface area contributed by atoms with Crippen molar-refractivity contribution in [1.29, 1.82) is 0 Å². The van der Waals surface area contributed by atoms with Crippen LogP contribution in [0.4, 0.5) is 11.4 Å². The summed E-state index contributed by atoms with van der Waals surface area (Å²) in [4.78, 5) is 23.0. The van der Waals surface area contributed by atoms with Crippen LogP contribution in [0.2, 0.25) is 0 Å². The molecule has 2 aromatic rings. The van der Waals surface area contributed by atoms with E-state index < -0.39 is 14.9 Å². The van der Waals surface area contributed by atoms with Gasteiger partial charge in [0.1, 0.15) is 5.75 Å². The van der Waals surface area contributed by atoms with Gasteiger partial charge in [-0.2, -0.15) is 0 Å². The second-order valence-corrected chi connectivity index (χ2v) is 10.6. The number of nitrogens with zero attached hydrogens (tertiary/aromatic N) is 1. The van der Waals surface area contributed by atoms with Gasteiger partial charge in [0.15, 0.2) is 0 Å². The summed E-state index contributed by atoms with van der Waals surface area (Å²) in [5.74, 6) is 1.90. The number of fused-ring (bicyclic) bond motifs is 2. The second-order valence-electron chi connectivity index (χ2n) is 8.87. The van der Waals surface area contributed by atoms with E-state index in [0.29, 0.717) is 17.4 Å². The Balaban J connectivity index is 1.45. The van der Waals surface area contributed by atoms with Crippen LogP contribution in [-0.2, 0) is 10.0 Å². The van der Waals surface area contributed by atoms with E-state index in [2.05, 4.69) is 10.0 Å². The fraction of sp³-hybridized carbons (Fsp3) is 0.435. The van der Waals surface area contributed by atoms with Crippen LogP contribution in [-0.4, -0.2) is 32.4 Å². The van der Waals surface area contributed by atoms with Gasteiger partial charge < -0.3 is 10.1 Å². The van der Waals surface area contributed by atoms with Gasteiger partial charge >= 0.3 is 0 Å². The molecule has 0 aromatic heterocycles. The normalized spacial score (nSPS) is 22.5. The van der Waals surface area contributed by atoms with Crippen molar-refractivity contribution in [2.24, 2.45) is 17.8 Å². The Kier molecular flexibility index (Phi) is 6.29. The molecule has 176 valence electrons. The molecule has 4 unspecified atom stereocenters. The number of sulfonamides is 1. The minimum absolute atomic E-state index is 0.0480. The number of ether oxygens (including phenoxy) is 1. The molecule has 2 saturated carbocycles. The molecular formula is C23H27N3O6S. The van der Waals surface area contributed by atoms with Crippen molar-refractivity contribution < 1.29 is 22.9 Å². The third kappa shape index (κ3) is 4.80. The van der Waals surface area contributed by atoms with Crippen LogP contribution in [0.1, 0.15) is 43.0 Å². The van der Waals surface area contributed by atoms with Crippen LogP contribution in [0.3, 0.4) is 0 Å². The average Bonchev–Trinajstić information content (AvgIpc) is 3.42. The van der Waals surface area contributed by atoms with E-state index in [9.17, 15) is 23.3 Å². The molecule has 9 nitrogen and oxygen atoms in total. The molecule has 10 heteroatoms. The highest BCUT2D eigenvalue weighted by molar-refractivity contribution is 7.92. The molecular weight excluding hydrogens is 446 g/mol. The number of rotatable bonds is 8. The number of nitro benzene ring substituents is 1. The highest BCUT2D eigenvalue weighted by Crippen LogP contribution is 2.49. The van der Waals surface area contributed by atoms with Crippen LogP contribution < -0.4 is 14.8 Å². The number of anilines is 1. The Morgan fingerprint density at radius 3 is 2.45 bits per heavy atom. The van der Waals surface area contributed by atoms with Crippen molar-refractivity contribution >= 4 is 27.3 Å². The van der Waals surface area contributed by atoms with E-state index >= 15 is 0 Å². The minimum Gasteiger partial charge on any atom is -0.495 e. The smallest absolute Gasteiger partial charge is 0.271 e. The summed E-state index contributed by atoms with van der Waals surface area (Å²) in [6.07, 6.45) is 4.97. The lowest BCUT2D eigenvalue weighted by Crippen LogP contribution is -2.40. The maximum Gasteiger partial charge on any atom is 0.271 e. The van der Waals surface area contributed by atoms with Crippen LogP contribution in [0.15, 0.2) is 47.4 Å². The van der Waals surface area contributed by atoms with Gasteiger partial charge in [-0.15, -0.1) is 0 Å². The number of carbonyl (C=O) groups is 1. The number of hydrogen-bond acceptors (Lipinski definition) is 6. The summed E-state index contributed by atoms with van der Waals surface area (Å²) >= 11 is 0. The number of methoxy groups -OCH3 is 1. The second kappa shape index (κ2) is 9.01. The predicted molar refractivity (Wildman–Crippen MR) is 123 cm³/mol. The Bertz CT molecular complexity index is 1170. The Labute approximate surface area is 192 Å². The van der Waals surface area contributed by atoms with E-state index in [-0.39, 0.29) is 34.0 Å². The summed E-state index contributed by atoms with van der Waals surface area (Å²) in [7, 11) is -2.72. The first kappa shape index (κ1) is 23.0. The topological polar surface area (TPSA) is 128 Å². The molecule has 2 aliphatic carbocycles. The molecule has 0 aliphatic heterocycles. The Hall–Kier alpha value is -3.14. The average molecular weight is 474 g/mol. The quantitative estimate of drug-likeness (QED) is 0.441. The first-order valence-electron chi connectivity index (χ1n) is 10.9. The number of benzene rings is 2. The maximum atomic E-state index is 12.8. The van der Waals surface area contributed by atoms with Gasteiger partial charge in [-0.3, -0.25) is 19.6 Å². The zero-order valence-electron chi connectivity index (χ0n) is 18.5. The van der Waals surface area contributed by atoms with E-state index in [1.807, 2.05) is 6.92 Å². The number of non-ortho nitro benzene ring substituents is 1. The Morgan fingerprint density at radius 2 is 1.88 bits per heavy atom. The fourth-order valence-electron chi connectivity index (χ4n) is 5.18. The molecule has 0 spiro atoms. The molecule has 0 radical (unpaired) electrons. The molecule has 33 heavy (non-hydrogen) atoms. The molecule has 2 aliphatic rings. The fourth-order valence-corrected chi connectivity index (χ4v) is 6.24. The van der Waals surface area contributed by atoms with Crippen molar-refractivity contribution in [3.63, 3.8) is 0 Å². The first-order valence-corrected chi connectivity index (χ1v) is 12.4. The highest BCUT2D eigenvalue weighted by Gasteiger charge is 2.42. The van der Waals surface area contributed by atoms with Gasteiger partial charge in [-0.25, -0.2) is 8.42 Å². The summed E-state index contributed by atoms with van der Waals surface area (Å²) in [5.41, 5.74) is 0.0511. The Morgan fingerprint density at radius 1 is 1.15 bits per heavy atom. The molecule has 0 saturated heterocycles. The van der Waals surface area contributed by atoms with Crippen molar-refractivity contribution in [3.05, 3.63) is 58.1 Å². The van der Waals surface area contributed by atoms with Gasteiger partial charge in [0, 0.05) is 23.7 Å². The molecule has 2 aromatic carbocycles. The maximum absolute atomic E-state index is 12.8. The van der Waals surface area contributed by atoms with E-state index in [1.165, 1.54) is 62.8 Å². The van der Waals surface area contributed by atoms with Gasteiger partial charge in [0.05, 0.1) is 22.6 Å². The summed E-state index contributed by atoms with van der Waals surface area (Å²) in [6, 6.07) is 9.30. The SMILES string of the molecule is COc1ccc([N+](=O)[O-])cc1NS(=O)(=O)c1ccc(C(=O)NC(C)C2CC3CCC2C3)cc1. The molecule has 1 amide bonds. The standard InChI is InChI=1S/C23H27N3O6S/c1-14(20-12-15-3-4-17(20)11-15)24-23(27)16-5-8-19(9-6-16)33(30,31)25-21-13-18(26(28)29)7-10-22(21)32-2/h5-10,13-15,17,20,25H,3-4,11-12H2,1-2H3,(H,24,27). The van der Waals surface area contributed by atoms with Gasteiger partial charge in [-0.05, 0) is 74.3 Å². The number of amides is 1. The third-order valence-electron chi connectivity index (χ3n) is 6.86. The lowest BCUT2D eigenvalue weighted by atomic mass is 9.84. The lowest BCUT2D eigenvalue weighted by Gasteiger charge is -2.28. The van der Waals surface area contributed by atoms with Crippen LogP contribution in [0.25, 0.3) is 0 Å². The summed E-state index contributed by atoms with van der Waals surface area (Å²) in [6.45, 7) is 2.04. The molecule has 0 heterocycles. The summed E-state index contributed by atoms with van der Waals surface area (Å²) < 4.78 is 33.1. The zero-order valence-corrected chi connectivity index (χ0v) is 19.3. The van der Waals surface area contributed by atoms with E-state index in [0.717, 1.165) is 18.4 Å². The van der Waals surface area contributed by atoms with E-state index in [1.54, 1.807) is 0 Å². The number of carbonyl (C=O) groups excluding carboxylic acids is 1. The van der Waals surface area contributed by atoms with Crippen molar-refractivity contribution in [1.82, 2.24) is 5.32 Å². The third-order valence-corrected chi connectivity index (χ3v) is 8.24. The predicted octanol–water partition coefficient (Wildman–Crippen LogP) is 3.96. The monoisotopic (exact) mass is 473 g/mol. The minimum atomic E-state index is -4.06. The number of nitrogens with one attached hydrogen (secondary N) is 2. The van der Waals surface area contributed by atoms with Crippen LogP contribution >= 0.6 is 0 Å². The largest absolute Gasteiger partial charge is 0.495 e. The molecule has 2 bridgehead atoms. The lowest BCUT2D eigenvalue weighted by molar-refractivity contribution is -0.384. The van der Waals surface area contributed by atoms with Crippen LogP contribution in [0, 0.1) is 27.9 Å². The van der Waals surface area contributed by atoms with E-state index in [4.69, 9.17) is 4.74 Å². The highest BCUT2D eigenvalue weighted by atomic mass is 32.2. The zero-order chi connectivity index (χ0) is 23.8. The van der Waals surface area contributed by atoms with Gasteiger partial charge in [0.25, 0.3) is 21.6 Å². The van der Waals surface area contributed by atoms with Gasteiger partial charge in [-0.1, -0.05) is 6.42 Å². The molecule has 4 rings (SSSR count). The number of hydrogen-bond donors (Lipinski definition) is 2. The van der Waals surface area contributed by atoms with Gasteiger partial charge in [0.2, 0.25) is 0 Å².